The van der Waals surface area contributed by atoms with Gasteiger partial charge >= 0.3 is 0 Å². The summed E-state index contributed by atoms with van der Waals surface area (Å²) in [5.74, 6) is 1.37. The average Bonchev–Trinajstić information content (AvgIpc) is 3.67. The van der Waals surface area contributed by atoms with E-state index in [2.05, 4.69) is 203 Å². The van der Waals surface area contributed by atoms with Gasteiger partial charge in [0, 0.05) is 39.8 Å². The van der Waals surface area contributed by atoms with E-state index in [0.717, 1.165) is 12.3 Å². The number of ether oxygens (including phenoxy) is 1. The summed E-state index contributed by atoms with van der Waals surface area (Å²) in [4.78, 5) is 5.47. The molecule has 11 rings (SSSR count). The van der Waals surface area contributed by atoms with Crippen molar-refractivity contribution in [3.63, 3.8) is 0 Å². The molecule has 4 aliphatic carbocycles. The second-order valence-electron chi connectivity index (χ2n) is 30.2. The molecule has 0 saturated heterocycles. The zero-order valence-corrected chi connectivity index (χ0v) is 46.9. The fourth-order valence-electron chi connectivity index (χ4n) is 15.1. The Bertz CT molecular complexity index is 2900. The Morgan fingerprint density at radius 1 is 0.478 bits per heavy atom. The highest BCUT2D eigenvalue weighted by Gasteiger charge is 2.61. The zero-order valence-electron chi connectivity index (χ0n) is 46.9. The lowest BCUT2D eigenvalue weighted by Gasteiger charge is -2.51. The number of fused-ring (bicyclic) bond motifs is 8. The third kappa shape index (κ3) is 6.77. The number of benzene rings is 4. The molecule has 1 fully saturated rings. The van der Waals surface area contributed by atoms with Gasteiger partial charge in [-0.1, -0.05) is 150 Å². The van der Waals surface area contributed by atoms with Crippen LogP contribution in [0.3, 0.4) is 0 Å². The van der Waals surface area contributed by atoms with Gasteiger partial charge in [0.25, 0.3) is 6.71 Å². The quantitative estimate of drug-likeness (QED) is 0.186. The fourth-order valence-corrected chi connectivity index (χ4v) is 15.1. The molecule has 0 spiro atoms. The Morgan fingerprint density at radius 2 is 0.928 bits per heavy atom. The predicted molar refractivity (Wildman–Crippen MR) is 296 cm³/mol. The topological polar surface area (TPSA) is 15.7 Å². The molecule has 0 aromatic heterocycles. The van der Waals surface area contributed by atoms with Crippen molar-refractivity contribution < 1.29 is 4.74 Å². The fraction of sp³-hybridized carbons (Fsp3) is 0.600. The summed E-state index contributed by atoms with van der Waals surface area (Å²) in [6, 6.07) is 23.6. The summed E-state index contributed by atoms with van der Waals surface area (Å²) in [5, 5.41) is 0. The van der Waals surface area contributed by atoms with Crippen LogP contribution in [0.5, 0.6) is 0 Å². The molecule has 3 aliphatic heterocycles. The van der Waals surface area contributed by atoms with Crippen molar-refractivity contribution in [3.8, 4) is 0 Å². The van der Waals surface area contributed by atoms with Gasteiger partial charge in [-0.2, -0.15) is 0 Å². The van der Waals surface area contributed by atoms with E-state index in [9.17, 15) is 0 Å². The Labute approximate surface area is 419 Å². The first-order chi connectivity index (χ1) is 31.7. The van der Waals surface area contributed by atoms with E-state index in [0.29, 0.717) is 0 Å². The van der Waals surface area contributed by atoms with Crippen LogP contribution in [0.1, 0.15) is 227 Å². The maximum Gasteiger partial charge on any atom is 0.252 e. The lowest BCUT2D eigenvalue weighted by Crippen LogP contribution is -2.59. The monoisotopic (exact) mass is 923 g/mol. The summed E-state index contributed by atoms with van der Waals surface area (Å²) in [6.45, 7) is 49.8. The van der Waals surface area contributed by atoms with Crippen LogP contribution in [0, 0.1) is 23.7 Å². The molecular weight excluding hydrogens is 836 g/mol. The highest BCUT2D eigenvalue weighted by Crippen LogP contribution is 2.62. The van der Waals surface area contributed by atoms with Crippen molar-refractivity contribution in [2.24, 2.45) is 16.7 Å². The molecule has 0 radical (unpaired) electrons. The van der Waals surface area contributed by atoms with Crippen LogP contribution in [0.15, 0.2) is 66.0 Å². The number of hydrogen-bond acceptors (Lipinski definition) is 3. The molecule has 0 N–H and O–H groups in total. The normalized spacial score (nSPS) is 26.4. The molecule has 4 heteroatoms. The van der Waals surface area contributed by atoms with Crippen molar-refractivity contribution in [3.05, 3.63) is 110 Å². The van der Waals surface area contributed by atoms with Crippen LogP contribution in [-0.2, 0) is 42.6 Å². The van der Waals surface area contributed by atoms with Gasteiger partial charge in [0.2, 0.25) is 0 Å². The molecule has 2 atom stereocenters. The van der Waals surface area contributed by atoms with Crippen molar-refractivity contribution >= 4 is 46.1 Å². The molecule has 3 heterocycles. The number of anilines is 5. The van der Waals surface area contributed by atoms with Gasteiger partial charge in [-0.15, -0.1) is 0 Å². The van der Waals surface area contributed by atoms with E-state index in [1.54, 1.807) is 5.56 Å². The van der Waals surface area contributed by atoms with E-state index < -0.39 is 0 Å². The predicted octanol–water partition coefficient (Wildman–Crippen LogP) is 16.5. The van der Waals surface area contributed by atoms with E-state index >= 15 is 0 Å². The average molecular weight is 923 g/mol. The smallest absolute Gasteiger partial charge is 0.252 e. The molecule has 2 unspecified atom stereocenters. The van der Waals surface area contributed by atoms with Crippen LogP contribution < -0.4 is 20.7 Å². The van der Waals surface area contributed by atoms with Crippen molar-refractivity contribution in [2.45, 2.75) is 234 Å². The number of nitrogens with zero attached hydrogens (tertiary/aromatic N) is 2. The summed E-state index contributed by atoms with van der Waals surface area (Å²) >= 11 is 0. The van der Waals surface area contributed by atoms with Crippen LogP contribution in [0.4, 0.5) is 28.4 Å². The molecule has 0 bridgehead atoms. The Morgan fingerprint density at radius 3 is 1.46 bits per heavy atom. The van der Waals surface area contributed by atoms with Crippen molar-refractivity contribution in [1.82, 2.24) is 0 Å². The first-order valence-electron chi connectivity index (χ1n) is 27.4. The van der Waals surface area contributed by atoms with Crippen molar-refractivity contribution in [1.29, 1.82) is 0 Å². The lowest BCUT2D eigenvalue weighted by molar-refractivity contribution is -0.0655. The molecular formula is C65H87BN2O. The van der Waals surface area contributed by atoms with Crippen LogP contribution in [0.25, 0.3) is 0 Å². The molecule has 4 aromatic carbocycles. The molecule has 0 amide bonds. The first kappa shape index (κ1) is 47.4. The van der Waals surface area contributed by atoms with Gasteiger partial charge in [-0.25, -0.2) is 0 Å². The number of aryl methyl sites for hydroxylation is 1. The standard InChI is InChI=1S/C65H87BN2O/c1-38-31-42-45(62(13,14)27-25-59(42,7)8)36-48(38)68-49-37-46-44(61(11,12)26-28-63(46,15)16)35-47(49)66-53-50(32-39(33-51(53)68)57(2,3)4)67(40-21-22-41-43(34-40)60(9,10)24-23-58(41,5)6)56-54(66)52-55(69-56)65(19,20)30-29-64(52,17)18/h21-22,31-37,52,55H,23-30H2,1-20H3. The summed E-state index contributed by atoms with van der Waals surface area (Å²) in [7, 11) is 0. The Balaban J connectivity index is 1.30. The maximum absolute atomic E-state index is 7.93. The van der Waals surface area contributed by atoms with E-state index in [1.807, 2.05) is 0 Å². The molecule has 4 aromatic rings. The minimum Gasteiger partial charge on any atom is -0.475 e. The number of rotatable bonds is 2. The molecule has 7 aliphatic rings. The van der Waals surface area contributed by atoms with Gasteiger partial charge in [0.15, 0.2) is 5.88 Å². The second kappa shape index (κ2) is 14.2. The SMILES string of the molecule is Cc1cc2c(cc1N1c3cc4c(cc3B3C5=C(OC6C5C(C)(C)CCC6(C)C)N(c5ccc6c(c5)C(C)(C)CCC6(C)C)c5cc(C(C)(C)C)cc1c53)C(C)(C)CCC4(C)C)C(C)(C)CCC2(C)C. The minimum atomic E-state index is -0.109. The zero-order chi connectivity index (χ0) is 49.9. The largest absolute Gasteiger partial charge is 0.475 e. The summed E-state index contributed by atoms with van der Waals surface area (Å²) in [5.41, 5.74) is 23.4. The van der Waals surface area contributed by atoms with E-state index in [-0.39, 0.29) is 67.5 Å². The first-order valence-corrected chi connectivity index (χ1v) is 27.4. The number of hydrogen-bond donors (Lipinski definition) is 0. The minimum absolute atomic E-state index is 0.0167. The van der Waals surface area contributed by atoms with Gasteiger partial charge in [0.05, 0.1) is 0 Å². The van der Waals surface area contributed by atoms with E-state index in [4.69, 9.17) is 4.74 Å². The van der Waals surface area contributed by atoms with Gasteiger partial charge in [-0.3, -0.25) is 4.90 Å². The third-order valence-corrected chi connectivity index (χ3v) is 20.5. The van der Waals surface area contributed by atoms with Gasteiger partial charge < -0.3 is 9.64 Å². The summed E-state index contributed by atoms with van der Waals surface area (Å²) < 4.78 is 7.93. The molecule has 366 valence electrons. The highest BCUT2D eigenvalue weighted by molar-refractivity contribution is 6.95. The van der Waals surface area contributed by atoms with Crippen LogP contribution >= 0.6 is 0 Å². The summed E-state index contributed by atoms with van der Waals surface area (Å²) in [6.07, 6.45) is 9.57. The maximum atomic E-state index is 7.93. The highest BCUT2D eigenvalue weighted by atomic mass is 16.5. The third-order valence-electron chi connectivity index (χ3n) is 20.5. The Kier molecular flexibility index (Phi) is 9.75. The van der Waals surface area contributed by atoms with Gasteiger partial charge in [-0.05, 0) is 199 Å². The molecule has 1 saturated carbocycles. The lowest BCUT2D eigenvalue weighted by atomic mass is 9.29. The molecule has 69 heavy (non-hydrogen) atoms. The van der Waals surface area contributed by atoms with E-state index in [1.165, 1.54) is 129 Å². The van der Waals surface area contributed by atoms with Crippen molar-refractivity contribution in [2.75, 3.05) is 9.80 Å². The van der Waals surface area contributed by atoms with Gasteiger partial charge in [0.1, 0.15) is 6.10 Å². The second-order valence-corrected chi connectivity index (χ2v) is 30.2. The van der Waals surface area contributed by atoms with Crippen LogP contribution in [-0.4, -0.2) is 12.8 Å². The Hall–Kier alpha value is -3.92. The molecule has 3 nitrogen and oxygen atoms in total. The van der Waals surface area contributed by atoms with Crippen LogP contribution in [0.2, 0.25) is 0 Å².